The van der Waals surface area contributed by atoms with Crippen molar-refractivity contribution < 1.29 is 4.79 Å². The molecule has 0 heterocycles. The van der Waals surface area contributed by atoms with Gasteiger partial charge < -0.3 is 0 Å². The number of hydrogen-bond acceptors (Lipinski definition) is 1. The van der Waals surface area contributed by atoms with Crippen LogP contribution in [0, 0.1) is 11.3 Å². The van der Waals surface area contributed by atoms with E-state index in [9.17, 15) is 4.79 Å². The molecular formula is C20H24O. The molecule has 0 saturated heterocycles. The summed E-state index contributed by atoms with van der Waals surface area (Å²) in [5.74, 6) is 1.04. The maximum Gasteiger partial charge on any atom is 0.170 e. The first-order valence-corrected chi connectivity index (χ1v) is 8.27. The van der Waals surface area contributed by atoms with Gasteiger partial charge in [0, 0.05) is 11.0 Å². The Balaban J connectivity index is 1.87. The minimum Gasteiger partial charge on any atom is -0.294 e. The summed E-state index contributed by atoms with van der Waals surface area (Å²) in [6.07, 6.45) is 7.87. The Morgan fingerprint density at radius 2 is 2.05 bits per heavy atom. The minimum atomic E-state index is -0.0571. The molecule has 3 aliphatic rings. The van der Waals surface area contributed by atoms with Gasteiger partial charge in [0.05, 0.1) is 0 Å². The van der Waals surface area contributed by atoms with Gasteiger partial charge in [-0.1, -0.05) is 50.6 Å². The third-order valence-electron chi connectivity index (χ3n) is 6.00. The zero-order valence-electron chi connectivity index (χ0n) is 13.3. The Morgan fingerprint density at radius 3 is 2.67 bits per heavy atom. The highest BCUT2D eigenvalue weighted by atomic mass is 16.1. The van der Waals surface area contributed by atoms with Gasteiger partial charge in [-0.25, -0.2) is 0 Å². The Kier molecular flexibility index (Phi) is 2.59. The van der Waals surface area contributed by atoms with E-state index in [0.717, 1.165) is 31.2 Å². The molecular weight excluding hydrogens is 256 g/mol. The summed E-state index contributed by atoms with van der Waals surface area (Å²) in [4.78, 5) is 13.5. The molecule has 1 aromatic rings. The highest BCUT2D eigenvalue weighted by Gasteiger charge is 2.54. The first kappa shape index (κ1) is 13.3. The molecule has 1 nitrogen and oxygen atoms in total. The van der Waals surface area contributed by atoms with Crippen molar-refractivity contribution in [2.75, 3.05) is 0 Å². The van der Waals surface area contributed by atoms with Crippen molar-refractivity contribution in [3.8, 4) is 0 Å². The van der Waals surface area contributed by atoms with E-state index in [1.807, 2.05) is 0 Å². The minimum absolute atomic E-state index is 0.0381. The number of Topliss-reactive ketones (excluding diaryl/α,β-unsaturated/α-hetero) is 1. The maximum absolute atomic E-state index is 13.5. The largest absolute Gasteiger partial charge is 0.294 e. The molecule has 2 bridgehead atoms. The molecule has 110 valence electrons. The standard InChI is InChI=1S/C20H24O/c1-19(2,3)16-6-4-5-14-9-10-20(18(21)17(14)16)12-13-7-8-15(20)11-13/h4-7,15H,8-12H2,1-3H3. The van der Waals surface area contributed by atoms with Crippen molar-refractivity contribution in [1.82, 2.24) is 0 Å². The van der Waals surface area contributed by atoms with E-state index in [4.69, 9.17) is 0 Å². The predicted molar refractivity (Wildman–Crippen MR) is 85.7 cm³/mol. The average molecular weight is 280 g/mol. The number of carbonyl (C=O) groups excluding carboxylic acids is 1. The summed E-state index contributed by atoms with van der Waals surface area (Å²) in [6.45, 7) is 6.67. The van der Waals surface area contributed by atoms with E-state index in [1.165, 1.54) is 17.5 Å². The molecule has 2 unspecified atom stereocenters. The molecule has 1 saturated carbocycles. The van der Waals surface area contributed by atoms with Gasteiger partial charge >= 0.3 is 0 Å². The topological polar surface area (TPSA) is 17.1 Å². The van der Waals surface area contributed by atoms with Crippen LogP contribution in [0.25, 0.3) is 0 Å². The summed E-state index contributed by atoms with van der Waals surface area (Å²) in [6, 6.07) is 6.47. The van der Waals surface area contributed by atoms with Crippen LogP contribution in [0.3, 0.4) is 0 Å². The van der Waals surface area contributed by atoms with Crippen molar-refractivity contribution >= 4 is 5.78 Å². The third-order valence-corrected chi connectivity index (χ3v) is 6.00. The molecule has 0 radical (unpaired) electrons. The van der Waals surface area contributed by atoms with Gasteiger partial charge in [-0.2, -0.15) is 0 Å². The predicted octanol–water partition coefficient (Wildman–Crippen LogP) is 4.84. The van der Waals surface area contributed by atoms with Gasteiger partial charge in [0.25, 0.3) is 0 Å². The average Bonchev–Trinajstić information content (AvgIpc) is 3.03. The Hall–Kier alpha value is -1.37. The van der Waals surface area contributed by atoms with Gasteiger partial charge in [0.1, 0.15) is 0 Å². The van der Waals surface area contributed by atoms with Crippen molar-refractivity contribution in [2.24, 2.45) is 11.3 Å². The number of carbonyl (C=O) groups is 1. The normalized spacial score (nSPS) is 30.7. The Labute approximate surface area is 127 Å². The molecule has 0 N–H and O–H groups in total. The maximum atomic E-state index is 13.5. The van der Waals surface area contributed by atoms with E-state index >= 15 is 0 Å². The fraction of sp³-hybridized carbons (Fsp3) is 0.550. The SMILES string of the molecule is CC(C)(C)c1cccc2c1C(=O)C1(CC2)CC2=CCC1C2. The van der Waals surface area contributed by atoms with E-state index in [2.05, 4.69) is 45.0 Å². The lowest BCUT2D eigenvalue weighted by Crippen LogP contribution is -2.41. The van der Waals surface area contributed by atoms with Crippen LogP contribution < -0.4 is 0 Å². The van der Waals surface area contributed by atoms with Gasteiger partial charge in [0.2, 0.25) is 0 Å². The Morgan fingerprint density at radius 1 is 1.24 bits per heavy atom. The number of aryl methyl sites for hydroxylation is 1. The van der Waals surface area contributed by atoms with Crippen LogP contribution in [-0.2, 0) is 11.8 Å². The number of benzene rings is 1. The molecule has 2 atom stereocenters. The molecule has 1 aromatic carbocycles. The van der Waals surface area contributed by atoms with Crippen LogP contribution in [-0.4, -0.2) is 5.78 Å². The summed E-state index contributed by atoms with van der Waals surface area (Å²) < 4.78 is 0. The van der Waals surface area contributed by atoms with E-state index in [0.29, 0.717) is 11.7 Å². The number of fused-ring (bicyclic) bond motifs is 4. The van der Waals surface area contributed by atoms with Crippen molar-refractivity contribution in [3.63, 3.8) is 0 Å². The molecule has 1 heteroatoms. The second-order valence-electron chi connectivity index (χ2n) is 8.25. The molecule has 1 spiro atoms. The monoisotopic (exact) mass is 280 g/mol. The van der Waals surface area contributed by atoms with Crippen LogP contribution in [0.5, 0.6) is 0 Å². The summed E-state index contributed by atoms with van der Waals surface area (Å²) >= 11 is 0. The first-order valence-electron chi connectivity index (χ1n) is 8.27. The highest BCUT2D eigenvalue weighted by Crippen LogP contribution is 2.58. The Bertz CT molecular complexity index is 659. The molecule has 3 aliphatic carbocycles. The van der Waals surface area contributed by atoms with Gasteiger partial charge in [-0.3, -0.25) is 4.79 Å². The second-order valence-corrected chi connectivity index (χ2v) is 8.25. The molecule has 0 aromatic heterocycles. The van der Waals surface area contributed by atoms with E-state index in [-0.39, 0.29) is 10.8 Å². The number of allylic oxidation sites excluding steroid dienone is 2. The smallest absolute Gasteiger partial charge is 0.170 e. The molecule has 1 fully saturated rings. The summed E-state index contributed by atoms with van der Waals surface area (Å²) in [5, 5.41) is 0. The van der Waals surface area contributed by atoms with Gasteiger partial charge in [-0.05, 0) is 54.6 Å². The van der Waals surface area contributed by atoms with Crippen LogP contribution in [0.1, 0.15) is 67.9 Å². The molecule has 4 rings (SSSR count). The highest BCUT2D eigenvalue weighted by molar-refractivity contribution is 6.05. The van der Waals surface area contributed by atoms with Gasteiger partial charge in [0.15, 0.2) is 5.78 Å². The number of ketones is 1. The van der Waals surface area contributed by atoms with Gasteiger partial charge in [-0.15, -0.1) is 0 Å². The van der Waals surface area contributed by atoms with Crippen molar-refractivity contribution in [3.05, 3.63) is 46.5 Å². The third kappa shape index (κ3) is 1.73. The van der Waals surface area contributed by atoms with Crippen LogP contribution in [0.4, 0.5) is 0 Å². The van der Waals surface area contributed by atoms with Crippen molar-refractivity contribution in [1.29, 1.82) is 0 Å². The lowest BCUT2D eigenvalue weighted by atomic mass is 9.61. The second kappa shape index (κ2) is 4.09. The molecule has 21 heavy (non-hydrogen) atoms. The summed E-state index contributed by atoms with van der Waals surface area (Å²) in [5.41, 5.74) is 5.14. The zero-order chi connectivity index (χ0) is 14.8. The number of rotatable bonds is 0. The first-order chi connectivity index (χ1) is 9.92. The quantitative estimate of drug-likeness (QED) is 0.621. The molecule has 0 aliphatic heterocycles. The lowest BCUT2D eigenvalue weighted by molar-refractivity contribution is 0.0668. The number of hydrogen-bond donors (Lipinski definition) is 0. The summed E-state index contributed by atoms with van der Waals surface area (Å²) in [7, 11) is 0. The molecule has 0 amide bonds. The fourth-order valence-electron chi connectivity index (χ4n) is 4.89. The lowest BCUT2D eigenvalue weighted by Gasteiger charge is -2.40. The van der Waals surface area contributed by atoms with Crippen LogP contribution >= 0.6 is 0 Å². The zero-order valence-corrected chi connectivity index (χ0v) is 13.3. The van der Waals surface area contributed by atoms with Crippen LogP contribution in [0.15, 0.2) is 29.8 Å². The van der Waals surface area contributed by atoms with Crippen LogP contribution in [0.2, 0.25) is 0 Å². The fourth-order valence-corrected chi connectivity index (χ4v) is 4.89. The van der Waals surface area contributed by atoms with E-state index < -0.39 is 0 Å². The van der Waals surface area contributed by atoms with Crippen molar-refractivity contribution in [2.45, 2.75) is 58.3 Å². The van der Waals surface area contributed by atoms with E-state index in [1.54, 1.807) is 5.57 Å².